The molecule has 1 fully saturated rings. The van der Waals surface area contributed by atoms with Gasteiger partial charge in [0.1, 0.15) is 0 Å². The first-order valence-corrected chi connectivity index (χ1v) is 4.41. The van der Waals surface area contributed by atoms with Crippen LogP contribution in [0.2, 0.25) is 0 Å². The standard InChI is InChI=1S/C7H9BrN2O/c8-6-2-9-10(3-6)7-1-5(7)4-11/h2-3,5,7,11H,1,4H2/t5-,7+/m0/s1. The van der Waals surface area contributed by atoms with Crippen LogP contribution in [0.15, 0.2) is 16.9 Å². The fourth-order valence-electron chi connectivity index (χ4n) is 1.25. The Balaban J connectivity index is 2.08. The molecule has 2 atom stereocenters. The number of aliphatic hydroxyl groups excluding tert-OH is 1. The van der Waals surface area contributed by atoms with Gasteiger partial charge in [-0.25, -0.2) is 0 Å². The van der Waals surface area contributed by atoms with Crippen LogP contribution in [-0.2, 0) is 0 Å². The fourth-order valence-corrected chi connectivity index (χ4v) is 1.55. The van der Waals surface area contributed by atoms with Crippen molar-refractivity contribution < 1.29 is 5.11 Å². The van der Waals surface area contributed by atoms with Crippen LogP contribution in [0.5, 0.6) is 0 Å². The largest absolute Gasteiger partial charge is 0.396 e. The fraction of sp³-hybridized carbons (Fsp3) is 0.571. The predicted molar refractivity (Wildman–Crippen MR) is 44.2 cm³/mol. The molecule has 0 amide bonds. The molecular formula is C7H9BrN2O. The van der Waals surface area contributed by atoms with E-state index >= 15 is 0 Å². The molecule has 0 radical (unpaired) electrons. The van der Waals surface area contributed by atoms with Crippen LogP contribution in [0.4, 0.5) is 0 Å². The van der Waals surface area contributed by atoms with E-state index in [-0.39, 0.29) is 6.61 Å². The molecule has 0 spiro atoms. The first-order valence-electron chi connectivity index (χ1n) is 3.62. The Morgan fingerprint density at radius 1 is 1.82 bits per heavy atom. The molecule has 2 rings (SSSR count). The Kier molecular flexibility index (Phi) is 1.73. The Hall–Kier alpha value is -0.350. The van der Waals surface area contributed by atoms with Crippen LogP contribution in [0.1, 0.15) is 12.5 Å². The molecule has 1 heterocycles. The summed E-state index contributed by atoms with van der Waals surface area (Å²) < 4.78 is 2.91. The summed E-state index contributed by atoms with van der Waals surface area (Å²) in [6.07, 6.45) is 4.78. The topological polar surface area (TPSA) is 38.0 Å². The Labute approximate surface area is 73.2 Å². The maximum absolute atomic E-state index is 8.79. The molecular weight excluding hydrogens is 208 g/mol. The smallest absolute Gasteiger partial charge is 0.0632 e. The van der Waals surface area contributed by atoms with Crippen molar-refractivity contribution in [1.29, 1.82) is 0 Å². The quantitative estimate of drug-likeness (QED) is 0.808. The molecule has 1 N–H and O–H groups in total. The van der Waals surface area contributed by atoms with E-state index < -0.39 is 0 Å². The summed E-state index contributed by atoms with van der Waals surface area (Å²) in [5.41, 5.74) is 0. The zero-order chi connectivity index (χ0) is 7.84. The van der Waals surface area contributed by atoms with Crippen molar-refractivity contribution in [2.24, 2.45) is 5.92 Å². The normalized spacial score (nSPS) is 28.9. The molecule has 4 heteroatoms. The van der Waals surface area contributed by atoms with Crippen LogP contribution in [0.3, 0.4) is 0 Å². The van der Waals surface area contributed by atoms with E-state index in [4.69, 9.17) is 5.11 Å². The summed E-state index contributed by atoms with van der Waals surface area (Å²) in [6, 6.07) is 0.436. The van der Waals surface area contributed by atoms with Crippen LogP contribution >= 0.6 is 15.9 Å². The lowest BCUT2D eigenvalue weighted by Gasteiger charge is -1.95. The summed E-state index contributed by atoms with van der Waals surface area (Å²) in [6.45, 7) is 0.280. The van der Waals surface area contributed by atoms with Crippen LogP contribution in [-0.4, -0.2) is 21.5 Å². The van der Waals surface area contributed by atoms with Crippen LogP contribution in [0, 0.1) is 5.92 Å². The molecule has 1 aliphatic rings. The van der Waals surface area contributed by atoms with E-state index in [1.54, 1.807) is 6.20 Å². The summed E-state index contributed by atoms with van der Waals surface area (Å²) >= 11 is 3.32. The second-order valence-corrected chi connectivity index (χ2v) is 3.80. The van der Waals surface area contributed by atoms with Crippen LogP contribution in [0.25, 0.3) is 0 Å². The third kappa shape index (κ3) is 1.32. The maximum atomic E-state index is 8.79. The molecule has 3 nitrogen and oxygen atoms in total. The van der Waals surface area contributed by atoms with E-state index in [1.165, 1.54) is 0 Å². The molecule has 1 aliphatic carbocycles. The van der Waals surface area contributed by atoms with Gasteiger partial charge in [0.05, 0.1) is 16.7 Å². The van der Waals surface area contributed by atoms with Crippen molar-refractivity contribution in [3.05, 3.63) is 16.9 Å². The van der Waals surface area contributed by atoms with Gasteiger partial charge in [-0.3, -0.25) is 4.68 Å². The second-order valence-electron chi connectivity index (χ2n) is 2.88. The minimum Gasteiger partial charge on any atom is -0.396 e. The lowest BCUT2D eigenvalue weighted by atomic mass is 10.4. The number of hydrogen-bond donors (Lipinski definition) is 1. The zero-order valence-corrected chi connectivity index (χ0v) is 7.53. The Morgan fingerprint density at radius 2 is 2.64 bits per heavy atom. The highest BCUT2D eigenvalue weighted by Gasteiger charge is 2.38. The van der Waals surface area contributed by atoms with Gasteiger partial charge in [0, 0.05) is 18.7 Å². The van der Waals surface area contributed by atoms with Gasteiger partial charge < -0.3 is 5.11 Å². The monoisotopic (exact) mass is 216 g/mol. The van der Waals surface area contributed by atoms with Crippen molar-refractivity contribution in [2.45, 2.75) is 12.5 Å². The molecule has 11 heavy (non-hydrogen) atoms. The van der Waals surface area contributed by atoms with Crippen molar-refractivity contribution in [3.63, 3.8) is 0 Å². The molecule has 1 aromatic rings. The van der Waals surface area contributed by atoms with Crippen molar-refractivity contribution in [1.82, 2.24) is 9.78 Å². The van der Waals surface area contributed by atoms with Gasteiger partial charge in [0.15, 0.2) is 0 Å². The van der Waals surface area contributed by atoms with Gasteiger partial charge in [-0.2, -0.15) is 5.10 Å². The van der Waals surface area contributed by atoms with Gasteiger partial charge in [-0.1, -0.05) is 0 Å². The maximum Gasteiger partial charge on any atom is 0.0632 e. The summed E-state index contributed by atoms with van der Waals surface area (Å²) in [5, 5.41) is 12.9. The minimum atomic E-state index is 0.280. The van der Waals surface area contributed by atoms with Gasteiger partial charge >= 0.3 is 0 Å². The first kappa shape index (κ1) is 7.31. The van der Waals surface area contributed by atoms with Crippen molar-refractivity contribution in [2.75, 3.05) is 6.61 Å². The highest BCUT2D eigenvalue weighted by Crippen LogP contribution is 2.42. The van der Waals surface area contributed by atoms with Crippen LogP contribution < -0.4 is 0 Å². The third-order valence-electron chi connectivity index (χ3n) is 2.03. The molecule has 0 unspecified atom stereocenters. The van der Waals surface area contributed by atoms with Gasteiger partial charge in [0.25, 0.3) is 0 Å². The van der Waals surface area contributed by atoms with Gasteiger partial charge in [-0.05, 0) is 22.4 Å². The molecule has 0 bridgehead atoms. The highest BCUT2D eigenvalue weighted by molar-refractivity contribution is 9.10. The molecule has 0 aromatic carbocycles. The van der Waals surface area contributed by atoms with E-state index in [0.717, 1.165) is 10.9 Å². The number of aliphatic hydroxyl groups is 1. The SMILES string of the molecule is OC[C@@H]1C[C@H]1n1cc(Br)cn1. The van der Waals surface area contributed by atoms with E-state index in [2.05, 4.69) is 21.0 Å². The lowest BCUT2D eigenvalue weighted by molar-refractivity contribution is 0.267. The summed E-state index contributed by atoms with van der Waals surface area (Å²) in [4.78, 5) is 0. The molecule has 1 aromatic heterocycles. The number of halogens is 1. The predicted octanol–water partition coefficient (Wildman–Crippen LogP) is 1.20. The minimum absolute atomic E-state index is 0.280. The third-order valence-corrected chi connectivity index (χ3v) is 2.44. The van der Waals surface area contributed by atoms with Gasteiger partial charge in [-0.15, -0.1) is 0 Å². The molecule has 60 valence electrons. The Morgan fingerprint density at radius 3 is 3.09 bits per heavy atom. The van der Waals surface area contributed by atoms with Gasteiger partial charge in [0.2, 0.25) is 0 Å². The number of hydrogen-bond acceptors (Lipinski definition) is 2. The van der Waals surface area contributed by atoms with Crippen molar-refractivity contribution in [3.8, 4) is 0 Å². The average Bonchev–Trinajstić information content (AvgIpc) is 2.68. The number of aromatic nitrogens is 2. The van der Waals surface area contributed by atoms with E-state index in [1.807, 2.05) is 10.9 Å². The summed E-state index contributed by atoms with van der Waals surface area (Å²) in [7, 11) is 0. The average molecular weight is 217 g/mol. The first-order chi connectivity index (χ1) is 5.31. The van der Waals surface area contributed by atoms with E-state index in [0.29, 0.717) is 12.0 Å². The second kappa shape index (κ2) is 2.60. The Bertz CT molecular complexity index is 261. The molecule has 1 saturated carbocycles. The summed E-state index contributed by atoms with van der Waals surface area (Å²) in [5.74, 6) is 0.432. The number of nitrogens with zero attached hydrogens (tertiary/aromatic N) is 2. The van der Waals surface area contributed by atoms with E-state index in [9.17, 15) is 0 Å². The molecule has 0 aliphatic heterocycles. The van der Waals surface area contributed by atoms with Crippen molar-refractivity contribution >= 4 is 15.9 Å². The number of rotatable bonds is 2. The highest BCUT2D eigenvalue weighted by atomic mass is 79.9. The lowest BCUT2D eigenvalue weighted by Crippen LogP contribution is -1.98. The molecule has 0 saturated heterocycles. The zero-order valence-electron chi connectivity index (χ0n) is 5.94.